The number of hydrogen-bond acceptors (Lipinski definition) is 5. The predicted octanol–water partition coefficient (Wildman–Crippen LogP) is 5.66. The largest absolute Gasteiger partial charge is 0.507 e. The Balaban J connectivity index is 1.89. The van der Waals surface area contributed by atoms with Crippen molar-refractivity contribution in [1.29, 1.82) is 0 Å². The van der Waals surface area contributed by atoms with Crippen LogP contribution in [-0.2, 0) is 21.5 Å². The van der Waals surface area contributed by atoms with E-state index in [1.54, 1.807) is 67.9 Å². The number of carbonyl (C=O) groups is 2. The Morgan fingerprint density at radius 1 is 1.09 bits per heavy atom. The number of likely N-dealkylation sites (tertiary alicyclic amines) is 1. The molecule has 0 bridgehead atoms. The van der Waals surface area contributed by atoms with E-state index in [0.717, 1.165) is 5.56 Å². The Bertz CT molecular complexity index is 1290. The van der Waals surface area contributed by atoms with Crippen molar-refractivity contribution in [2.75, 3.05) is 7.11 Å². The van der Waals surface area contributed by atoms with E-state index in [0.29, 0.717) is 27.6 Å². The lowest BCUT2D eigenvalue weighted by Crippen LogP contribution is -2.29. The summed E-state index contributed by atoms with van der Waals surface area (Å²) >= 11 is 6.09. The van der Waals surface area contributed by atoms with Crippen LogP contribution in [0.15, 0.2) is 72.4 Å². The highest BCUT2D eigenvalue weighted by molar-refractivity contribution is 6.46. The number of ketones is 1. The minimum absolute atomic E-state index is 0.0262. The molecule has 3 aromatic rings. The van der Waals surface area contributed by atoms with Crippen molar-refractivity contribution in [1.82, 2.24) is 9.88 Å². The summed E-state index contributed by atoms with van der Waals surface area (Å²) in [7, 11) is 1.59. The standard InChI is InChI=1S/C28H27ClN2O4/c1-28(2,3)21-15-18(10-13-22(21)35-4)25(32)23-24(17-8-11-19(29)12-9-17)31(27(34)26(23)33)16-20-7-5-6-14-30-20/h5-15,24,32H,16H2,1-4H3/b25-23-. The summed E-state index contributed by atoms with van der Waals surface area (Å²) < 4.78 is 5.51. The van der Waals surface area contributed by atoms with Crippen LogP contribution in [0.3, 0.4) is 0 Å². The first-order valence-electron chi connectivity index (χ1n) is 11.2. The van der Waals surface area contributed by atoms with E-state index >= 15 is 0 Å². The van der Waals surface area contributed by atoms with Gasteiger partial charge in [0.1, 0.15) is 11.5 Å². The molecule has 1 unspecified atom stereocenters. The molecule has 180 valence electrons. The normalized spacial score (nSPS) is 17.6. The van der Waals surface area contributed by atoms with E-state index in [1.165, 1.54) is 4.90 Å². The van der Waals surface area contributed by atoms with Gasteiger partial charge in [-0.1, -0.05) is 50.6 Å². The van der Waals surface area contributed by atoms with Gasteiger partial charge in [-0.05, 0) is 53.4 Å². The van der Waals surface area contributed by atoms with Gasteiger partial charge in [-0.3, -0.25) is 14.6 Å². The Morgan fingerprint density at radius 2 is 1.80 bits per heavy atom. The van der Waals surface area contributed by atoms with Crippen molar-refractivity contribution in [3.8, 4) is 5.75 Å². The molecule has 6 nitrogen and oxygen atoms in total. The highest BCUT2D eigenvalue weighted by Gasteiger charge is 2.46. The molecular weight excluding hydrogens is 464 g/mol. The summed E-state index contributed by atoms with van der Waals surface area (Å²) in [6.07, 6.45) is 1.63. The molecule has 0 saturated carbocycles. The Labute approximate surface area is 209 Å². The highest BCUT2D eigenvalue weighted by Crippen LogP contribution is 2.41. The maximum Gasteiger partial charge on any atom is 0.296 e. The van der Waals surface area contributed by atoms with Gasteiger partial charge in [0.2, 0.25) is 0 Å². The number of ether oxygens (including phenoxy) is 1. The van der Waals surface area contributed by atoms with E-state index in [2.05, 4.69) is 4.98 Å². The number of hydrogen-bond donors (Lipinski definition) is 1. The first-order chi connectivity index (χ1) is 16.6. The van der Waals surface area contributed by atoms with Crippen LogP contribution in [0.25, 0.3) is 5.76 Å². The molecule has 2 heterocycles. The van der Waals surface area contributed by atoms with Crippen molar-refractivity contribution in [3.05, 3.63) is 99.8 Å². The number of halogens is 1. The number of nitrogens with zero attached hydrogens (tertiary/aromatic N) is 2. The van der Waals surface area contributed by atoms with E-state index in [-0.39, 0.29) is 23.3 Å². The Hall–Kier alpha value is -3.64. The third-order valence-electron chi connectivity index (χ3n) is 6.07. The van der Waals surface area contributed by atoms with E-state index in [4.69, 9.17) is 16.3 Å². The molecular formula is C28H27ClN2O4. The summed E-state index contributed by atoms with van der Waals surface area (Å²) in [5.74, 6) is -0.993. The van der Waals surface area contributed by atoms with Gasteiger partial charge >= 0.3 is 0 Å². The molecule has 1 atom stereocenters. The first kappa shape index (κ1) is 24.5. The zero-order valence-corrected chi connectivity index (χ0v) is 20.8. The van der Waals surface area contributed by atoms with Crippen molar-refractivity contribution in [2.24, 2.45) is 0 Å². The van der Waals surface area contributed by atoms with E-state index < -0.39 is 17.7 Å². The Morgan fingerprint density at radius 3 is 2.40 bits per heavy atom. The van der Waals surface area contributed by atoms with E-state index in [1.807, 2.05) is 26.8 Å². The second-order valence-electron chi connectivity index (χ2n) is 9.46. The van der Waals surface area contributed by atoms with Gasteiger partial charge in [0, 0.05) is 22.3 Å². The number of pyridine rings is 1. The van der Waals surface area contributed by atoms with Crippen LogP contribution in [0.5, 0.6) is 5.75 Å². The third-order valence-corrected chi connectivity index (χ3v) is 6.32. The quantitative estimate of drug-likeness (QED) is 0.283. The summed E-state index contributed by atoms with van der Waals surface area (Å²) in [4.78, 5) is 32.2. The van der Waals surface area contributed by atoms with Crippen molar-refractivity contribution < 1.29 is 19.4 Å². The Kier molecular flexibility index (Phi) is 6.68. The zero-order chi connectivity index (χ0) is 25.3. The molecule has 1 fully saturated rings. The molecule has 4 rings (SSSR count). The lowest BCUT2D eigenvalue weighted by molar-refractivity contribution is -0.140. The number of methoxy groups -OCH3 is 1. The van der Waals surface area contributed by atoms with Gasteiger partial charge in [-0.2, -0.15) is 0 Å². The van der Waals surface area contributed by atoms with Crippen molar-refractivity contribution in [2.45, 2.75) is 38.8 Å². The van der Waals surface area contributed by atoms with Gasteiger partial charge in [0.25, 0.3) is 11.7 Å². The maximum atomic E-state index is 13.3. The van der Waals surface area contributed by atoms with Gasteiger partial charge < -0.3 is 14.7 Å². The number of aromatic nitrogens is 1. The van der Waals surface area contributed by atoms with Crippen LogP contribution >= 0.6 is 11.6 Å². The fraction of sp³-hybridized carbons (Fsp3) is 0.250. The second-order valence-corrected chi connectivity index (χ2v) is 9.90. The van der Waals surface area contributed by atoms with Crippen LogP contribution in [0.2, 0.25) is 5.02 Å². The van der Waals surface area contributed by atoms with Gasteiger partial charge in [0.05, 0.1) is 31.0 Å². The van der Waals surface area contributed by atoms with Crippen LogP contribution in [0.4, 0.5) is 0 Å². The molecule has 1 aliphatic heterocycles. The smallest absolute Gasteiger partial charge is 0.296 e. The van der Waals surface area contributed by atoms with Crippen LogP contribution in [0.1, 0.15) is 49.2 Å². The fourth-order valence-corrected chi connectivity index (χ4v) is 4.42. The van der Waals surface area contributed by atoms with Crippen LogP contribution in [0, 0.1) is 0 Å². The molecule has 0 spiro atoms. The number of rotatable bonds is 5. The summed E-state index contributed by atoms with van der Waals surface area (Å²) in [6.45, 7) is 6.22. The van der Waals surface area contributed by atoms with Crippen LogP contribution in [-0.4, -0.2) is 33.8 Å². The first-order valence-corrected chi connectivity index (χ1v) is 11.6. The van der Waals surface area contributed by atoms with Gasteiger partial charge in [0.15, 0.2) is 0 Å². The molecule has 1 N–H and O–H groups in total. The minimum atomic E-state index is -0.797. The molecule has 2 aromatic carbocycles. The molecule has 35 heavy (non-hydrogen) atoms. The topological polar surface area (TPSA) is 79.7 Å². The SMILES string of the molecule is COc1ccc(/C(O)=C2/C(=O)C(=O)N(Cc3ccccn3)C2c2ccc(Cl)cc2)cc1C(C)(C)C. The predicted molar refractivity (Wildman–Crippen MR) is 135 cm³/mol. The second kappa shape index (κ2) is 9.55. The van der Waals surface area contributed by atoms with E-state index in [9.17, 15) is 14.7 Å². The van der Waals surface area contributed by atoms with Gasteiger partial charge in [-0.15, -0.1) is 0 Å². The van der Waals surface area contributed by atoms with Crippen molar-refractivity contribution >= 4 is 29.1 Å². The third kappa shape index (κ3) is 4.80. The molecule has 7 heteroatoms. The molecule has 1 aromatic heterocycles. The fourth-order valence-electron chi connectivity index (χ4n) is 4.30. The zero-order valence-electron chi connectivity index (χ0n) is 20.1. The molecule has 0 aliphatic carbocycles. The number of aliphatic hydroxyl groups excluding tert-OH is 1. The number of carbonyl (C=O) groups excluding carboxylic acids is 2. The van der Waals surface area contributed by atoms with Crippen molar-refractivity contribution in [3.63, 3.8) is 0 Å². The number of aliphatic hydroxyl groups is 1. The monoisotopic (exact) mass is 490 g/mol. The van der Waals surface area contributed by atoms with Crippen LogP contribution < -0.4 is 4.74 Å². The maximum absolute atomic E-state index is 13.3. The summed E-state index contributed by atoms with van der Waals surface area (Å²) in [6, 6.07) is 16.8. The molecule has 0 radical (unpaired) electrons. The molecule has 1 amide bonds. The summed E-state index contributed by atoms with van der Waals surface area (Å²) in [5, 5.41) is 12.0. The summed E-state index contributed by atoms with van der Waals surface area (Å²) in [5.41, 5.74) is 2.35. The number of amides is 1. The average Bonchev–Trinajstić information content (AvgIpc) is 3.08. The molecule has 1 saturated heterocycles. The average molecular weight is 491 g/mol. The number of Topliss-reactive ketones (excluding diaryl/α,β-unsaturated/α-hetero) is 1. The van der Waals surface area contributed by atoms with Gasteiger partial charge in [-0.25, -0.2) is 0 Å². The lowest BCUT2D eigenvalue weighted by Gasteiger charge is -2.26. The number of benzene rings is 2. The minimum Gasteiger partial charge on any atom is -0.507 e. The molecule has 1 aliphatic rings. The lowest BCUT2D eigenvalue weighted by atomic mass is 9.84. The highest BCUT2D eigenvalue weighted by atomic mass is 35.5.